The lowest BCUT2D eigenvalue weighted by molar-refractivity contribution is -0.163. The van der Waals surface area contributed by atoms with Crippen molar-refractivity contribution in [3.8, 4) is 11.8 Å². The van der Waals surface area contributed by atoms with Crippen LogP contribution in [0.25, 0.3) is 21.5 Å². The monoisotopic (exact) mass is 1870 g/mol. The van der Waals surface area contributed by atoms with E-state index < -0.39 is 190 Å². The number of pyridine rings is 2. The first-order valence-electron chi connectivity index (χ1n) is 43.7. The van der Waals surface area contributed by atoms with Gasteiger partial charge in [0.05, 0.1) is 101 Å². The van der Waals surface area contributed by atoms with Gasteiger partial charge in [0.1, 0.15) is 35.1 Å². The van der Waals surface area contributed by atoms with E-state index in [2.05, 4.69) is 44.0 Å². The quantitative estimate of drug-likeness (QED) is 0.0124. The number of carbonyl (C=O) groups is 11. The van der Waals surface area contributed by atoms with E-state index in [1.165, 1.54) is 4.90 Å². The number of aryl methyl sites for hydroxylation is 2. The summed E-state index contributed by atoms with van der Waals surface area (Å²) >= 11 is 0. The molecule has 6 aliphatic rings. The molecule has 10 rings (SSSR count). The van der Waals surface area contributed by atoms with Gasteiger partial charge in [-0.1, -0.05) is 47.5 Å². The van der Waals surface area contributed by atoms with Crippen LogP contribution in [0.3, 0.4) is 0 Å². The average molecular weight is 1870 g/mol. The van der Waals surface area contributed by atoms with Crippen molar-refractivity contribution < 1.29 is 128 Å². The second-order valence-electron chi connectivity index (χ2n) is 36.5. The summed E-state index contributed by atoms with van der Waals surface area (Å²) in [6.07, 6.45) is 5.98. The number of carboxylic acids is 3. The van der Waals surface area contributed by atoms with Crippen LogP contribution in [0, 0.1) is 54.3 Å². The maximum absolute atomic E-state index is 14.5. The fraction of sp³-hybridized carbons (Fsp3) is 0.641. The van der Waals surface area contributed by atoms with E-state index in [0.717, 1.165) is 32.7 Å². The maximum atomic E-state index is 14.5. The molecule has 2 saturated heterocycles. The Labute approximate surface area is 764 Å². The van der Waals surface area contributed by atoms with Gasteiger partial charge in [0.2, 0.25) is 49.5 Å². The molecule has 4 aromatic rings. The molecule has 4 aliphatic carbocycles. The van der Waals surface area contributed by atoms with Gasteiger partial charge in [0.25, 0.3) is 0 Å². The van der Waals surface area contributed by atoms with E-state index in [4.69, 9.17) is 63.7 Å². The number of Topliss-reactive ketones (excluding diaryl/α,β-unsaturated/α-hetero) is 2. The Balaban J connectivity index is 0.000000320. The normalized spacial score (nSPS) is 22.3. The summed E-state index contributed by atoms with van der Waals surface area (Å²) in [6.45, 7) is 43.2. The minimum atomic E-state index is -3.85. The van der Waals surface area contributed by atoms with Crippen molar-refractivity contribution in [1.29, 1.82) is 0 Å². The summed E-state index contributed by atoms with van der Waals surface area (Å²) in [5.74, 6) is -9.47. The number of nitrogens with zero attached hydrogens (tertiary/aromatic N) is 3. The molecule has 0 unspecified atom stereocenters. The number of esters is 3. The zero-order chi connectivity index (χ0) is 96.1. The summed E-state index contributed by atoms with van der Waals surface area (Å²) in [5, 5.41) is 32.2. The highest BCUT2D eigenvalue weighted by Crippen LogP contribution is 2.58. The molecule has 2 aromatic heterocycles. The number of ether oxygens (including phenoxy) is 9. The highest BCUT2D eigenvalue weighted by molar-refractivity contribution is 7.91. The number of hydrogen-bond acceptors (Lipinski definition) is 28. The minimum absolute atomic E-state index is 0. The van der Waals surface area contributed by atoms with Crippen LogP contribution < -0.4 is 30.0 Å². The molecular formula is C92H136ClN7O27S2. The lowest BCUT2D eigenvalue weighted by Gasteiger charge is -2.31. The average Bonchev–Trinajstić information content (AvgIpc) is 1.57. The number of benzene rings is 2. The number of carboxylic acid groups (broad SMARTS) is 3. The molecule has 2 aliphatic heterocycles. The lowest BCUT2D eigenvalue weighted by Crippen LogP contribution is -2.48. The van der Waals surface area contributed by atoms with Crippen molar-refractivity contribution in [1.82, 2.24) is 29.6 Å². The number of nitrogens with one attached hydrogen (secondary N) is 3. The van der Waals surface area contributed by atoms with Crippen LogP contribution in [0.4, 0.5) is 0 Å². The van der Waals surface area contributed by atoms with Gasteiger partial charge in [-0.2, -0.15) is 0 Å². The molecule has 0 bridgehead atoms. The molecule has 16 atom stereocenters. The summed E-state index contributed by atoms with van der Waals surface area (Å²) in [7, 11) is -7.52. The molecule has 4 heterocycles. The third kappa shape index (κ3) is 33.3. The number of fused-ring (bicyclic) bond motifs is 2. The van der Waals surface area contributed by atoms with E-state index in [0.29, 0.717) is 83.3 Å². The fourth-order valence-electron chi connectivity index (χ4n) is 15.1. The number of rotatable bonds is 40. The second kappa shape index (κ2) is 47.8. The van der Waals surface area contributed by atoms with Crippen molar-refractivity contribution in [2.75, 3.05) is 39.5 Å². The molecule has 2 aromatic carbocycles. The molecule has 37 heteroatoms. The van der Waals surface area contributed by atoms with Gasteiger partial charge in [0.15, 0.2) is 11.6 Å². The number of halogens is 1. The minimum Gasteiger partial charge on any atom is -0.481 e. The zero-order valence-electron chi connectivity index (χ0n) is 77.8. The summed E-state index contributed by atoms with van der Waals surface area (Å²) < 4.78 is 104. The first kappa shape index (κ1) is 110. The van der Waals surface area contributed by atoms with Gasteiger partial charge >= 0.3 is 35.8 Å². The van der Waals surface area contributed by atoms with E-state index in [1.54, 1.807) is 142 Å². The fourth-order valence-corrected chi connectivity index (χ4v) is 17.9. The van der Waals surface area contributed by atoms with Gasteiger partial charge < -0.3 is 73.9 Å². The molecular weight excluding hydrogens is 1730 g/mol. The molecule has 129 heavy (non-hydrogen) atoms. The highest BCUT2D eigenvalue weighted by atomic mass is 35.5. The van der Waals surface area contributed by atoms with E-state index in [-0.39, 0.29) is 81.7 Å². The maximum Gasteiger partial charge on any atom is 0.323 e. The van der Waals surface area contributed by atoms with Gasteiger partial charge in [-0.3, -0.25) is 62.2 Å². The predicted molar refractivity (Wildman–Crippen MR) is 484 cm³/mol. The summed E-state index contributed by atoms with van der Waals surface area (Å²) in [6, 6.07) is 13.4. The summed E-state index contributed by atoms with van der Waals surface area (Å²) in [5.41, 5.74) is 3.14. The van der Waals surface area contributed by atoms with Crippen LogP contribution in [-0.4, -0.2) is 234 Å². The highest BCUT2D eigenvalue weighted by Gasteiger charge is 2.63. The van der Waals surface area contributed by atoms with Crippen molar-refractivity contribution >= 4 is 119 Å². The number of amides is 3. The standard InChI is InChI=1S/C37H49N3O9S.C25H29N3O5S.2C12H22O5.C6H13NO3.ClH/c1-8-25-19-37(25,35(44)39-50(45,46)27-11-12-27)20-31(41)30-17-26(48-33-28-13-10-22(3)16-24(28)14-15-38-33)21-40(30)34(43)29(23(4)47-9-2)18-32(42)49-36(5,6)7;1-3-17-12-25(17,24(30)28-34(31,32)19-5-6-19)13-22(29)21-11-18(14-27-21)33-23-20-7-4-15(2)10-16(20)8-9-26-23;2*1-6-16-8(2)9(11(14)15)7-10(13)17-12(3,4)5;1-3-10-4(2)5(7)6(8)9;/h8,10,13-16,23,25-27,29-30H,1,9,11-12,17-21H2,2-7H3,(H,39,44);3-4,7-10,17-19,21,27H,1,5-6,11-14H2,2H3,(H,28,30);2*8-9H,6-7H2,1-5H3,(H,14,15);4-5H,3,7H2,1-2H3,(H,8,9);1H/t23-,25+,26+,29-,30-,37+;17-,18-,21+,25-;2*8-,9-;4-,5-;/m01000./s1. The van der Waals surface area contributed by atoms with Crippen LogP contribution in [0.5, 0.6) is 11.8 Å². The van der Waals surface area contributed by atoms with Crippen molar-refractivity contribution in [2.24, 2.45) is 46.2 Å². The van der Waals surface area contributed by atoms with E-state index in [9.17, 15) is 69.6 Å². The molecule has 3 amide bonds. The smallest absolute Gasteiger partial charge is 0.323 e. The Morgan fingerprint density at radius 3 is 1.26 bits per heavy atom. The van der Waals surface area contributed by atoms with Crippen molar-refractivity contribution in [3.63, 3.8) is 0 Å². The van der Waals surface area contributed by atoms with Gasteiger partial charge in [-0.25, -0.2) is 26.8 Å². The Bertz CT molecular complexity index is 4780. The van der Waals surface area contributed by atoms with E-state index >= 15 is 0 Å². The lowest BCUT2D eigenvalue weighted by atomic mass is 9.90. The zero-order valence-corrected chi connectivity index (χ0v) is 80.2. The Morgan fingerprint density at radius 2 is 0.907 bits per heavy atom. The third-order valence-corrected chi connectivity index (χ3v) is 26.1. The largest absolute Gasteiger partial charge is 0.481 e. The van der Waals surface area contributed by atoms with E-state index in [1.807, 2.05) is 56.3 Å². The molecule has 720 valence electrons. The molecule has 0 spiro atoms. The number of sulfonamides is 2. The SMILES string of the molecule is C=C[C@@H]1C[C@]1(CC(=O)[C@@H]1C[C@@H](Oc2nccc3cc(C)ccc23)CN1)C(=O)NS(=O)(=O)C1CC1.C=C[C@@H]1C[C@]1(CC(=O)[C@@H]1C[C@@H](Oc2nccc3cc(C)ccc23)CN1C(=O)[C@@H](CC(=O)OC(C)(C)C)[C@H](C)OCC)C(=O)NS(=O)(=O)C1CC1.CCO[C@@H](C)[C@H](CC(=O)OC(C)(C)C)C(=O)O.CCO[C@@H](C)[C@H](CC(=O)OC(C)(C)C)C(=O)O.CCO[C@@H](C)[C@H](N)C(=O)O.Cl. The van der Waals surface area contributed by atoms with Crippen LogP contribution >= 0.6 is 12.4 Å². The van der Waals surface area contributed by atoms with Crippen molar-refractivity contribution in [3.05, 3.63) is 97.4 Å². The molecule has 0 radical (unpaired) electrons. The molecule has 6 fully saturated rings. The Morgan fingerprint density at radius 1 is 0.543 bits per heavy atom. The molecule has 4 saturated carbocycles. The first-order chi connectivity index (χ1) is 59.6. The van der Waals surface area contributed by atoms with Crippen LogP contribution in [0.1, 0.15) is 212 Å². The first-order valence-corrected chi connectivity index (χ1v) is 46.8. The Kier molecular flexibility index (Phi) is 40.9. The predicted octanol–water partition coefficient (Wildman–Crippen LogP) is 10.8. The van der Waals surface area contributed by atoms with Crippen LogP contribution in [0.2, 0.25) is 0 Å². The number of nitrogens with two attached hydrogens (primary N) is 1. The summed E-state index contributed by atoms with van der Waals surface area (Å²) in [4.78, 5) is 147. The number of allylic oxidation sites excluding steroid dienone is 2. The number of carbonyl (C=O) groups excluding carboxylic acids is 8. The van der Waals surface area contributed by atoms with Crippen molar-refractivity contribution in [2.45, 2.75) is 297 Å². The number of aromatic nitrogens is 2. The Hall–Kier alpha value is -9.14. The number of likely N-dealkylation sites (tertiary alicyclic amines) is 1. The number of hydrogen-bond donors (Lipinski definition) is 7. The molecule has 34 nitrogen and oxygen atoms in total. The second-order valence-corrected chi connectivity index (χ2v) is 40.4. The van der Waals surface area contributed by atoms with Gasteiger partial charge in [-0.15, -0.1) is 25.6 Å². The number of ketones is 2. The van der Waals surface area contributed by atoms with Crippen LogP contribution in [0.15, 0.2) is 86.2 Å². The van der Waals surface area contributed by atoms with Crippen LogP contribution in [-0.2, 0) is 106 Å². The van der Waals surface area contributed by atoms with Gasteiger partial charge in [0, 0.05) is 81.8 Å². The topological polar surface area (TPSA) is 491 Å². The third-order valence-electron chi connectivity index (χ3n) is 22.4. The van der Waals surface area contributed by atoms with Gasteiger partial charge in [-0.05, 0) is 217 Å². The number of aliphatic carboxylic acids is 3. The molecule has 8 N–H and O–H groups in total.